The summed E-state index contributed by atoms with van der Waals surface area (Å²) in [5.74, 6) is 0.215. The molecule has 18 heavy (non-hydrogen) atoms. The maximum absolute atomic E-state index is 12.0. The van der Waals surface area contributed by atoms with Crippen LogP contribution in [0.2, 0.25) is 0 Å². The first-order valence-corrected chi connectivity index (χ1v) is 6.62. The Balaban J connectivity index is 1.73. The Morgan fingerprint density at radius 3 is 3.17 bits per heavy atom. The van der Waals surface area contributed by atoms with Crippen LogP contribution in [0.5, 0.6) is 0 Å². The van der Waals surface area contributed by atoms with Gasteiger partial charge in [0, 0.05) is 38.4 Å². The largest absolute Gasteiger partial charge is 0.344 e. The van der Waals surface area contributed by atoms with E-state index >= 15 is 0 Å². The van der Waals surface area contributed by atoms with Gasteiger partial charge >= 0.3 is 0 Å². The van der Waals surface area contributed by atoms with Crippen molar-refractivity contribution in [3.8, 4) is 0 Å². The van der Waals surface area contributed by atoms with E-state index in [9.17, 15) is 4.79 Å². The zero-order valence-corrected chi connectivity index (χ0v) is 10.9. The third-order valence-corrected chi connectivity index (χ3v) is 3.43. The first-order valence-electron chi connectivity index (χ1n) is 6.62. The number of nitrogens with zero attached hydrogens (tertiary/aromatic N) is 2. The molecule has 1 amide bonds. The highest BCUT2D eigenvalue weighted by molar-refractivity contribution is 5.76. The molecule has 4 heteroatoms. The Labute approximate surface area is 108 Å². The standard InChI is InChI=1S/C14H21N3O/c1-17(11-13-5-3-9-16-13)14(18)7-6-12-4-2-8-15-10-12/h2,4,8,10,13,16H,3,5-7,9,11H2,1H3. The fourth-order valence-corrected chi connectivity index (χ4v) is 2.33. The van der Waals surface area contributed by atoms with E-state index in [1.807, 2.05) is 30.3 Å². The van der Waals surface area contributed by atoms with E-state index in [0.29, 0.717) is 12.5 Å². The van der Waals surface area contributed by atoms with E-state index in [-0.39, 0.29) is 5.91 Å². The quantitative estimate of drug-likeness (QED) is 0.851. The second-order valence-electron chi connectivity index (χ2n) is 4.93. The van der Waals surface area contributed by atoms with Crippen LogP contribution in [0.4, 0.5) is 0 Å². The van der Waals surface area contributed by atoms with E-state index in [4.69, 9.17) is 0 Å². The summed E-state index contributed by atoms with van der Waals surface area (Å²) in [7, 11) is 1.89. The number of aromatic nitrogens is 1. The van der Waals surface area contributed by atoms with Crippen LogP contribution >= 0.6 is 0 Å². The fraction of sp³-hybridized carbons (Fsp3) is 0.571. The van der Waals surface area contributed by atoms with Crippen molar-refractivity contribution in [1.82, 2.24) is 15.2 Å². The number of carbonyl (C=O) groups excluding carboxylic acids is 1. The average molecular weight is 247 g/mol. The maximum atomic E-state index is 12.0. The molecule has 0 spiro atoms. The number of carbonyl (C=O) groups is 1. The minimum absolute atomic E-state index is 0.215. The maximum Gasteiger partial charge on any atom is 0.222 e. The molecular formula is C14H21N3O. The van der Waals surface area contributed by atoms with Gasteiger partial charge < -0.3 is 10.2 Å². The highest BCUT2D eigenvalue weighted by atomic mass is 16.2. The SMILES string of the molecule is CN(CC1CCCN1)C(=O)CCc1cccnc1. The number of amides is 1. The first-order chi connectivity index (χ1) is 8.75. The summed E-state index contributed by atoms with van der Waals surface area (Å²) in [6.45, 7) is 1.91. The molecule has 1 aromatic rings. The third kappa shape index (κ3) is 3.81. The van der Waals surface area contributed by atoms with Crippen LogP contribution in [0.25, 0.3) is 0 Å². The second kappa shape index (κ2) is 6.50. The van der Waals surface area contributed by atoms with E-state index in [2.05, 4.69) is 10.3 Å². The fourth-order valence-electron chi connectivity index (χ4n) is 2.33. The molecule has 1 N–H and O–H groups in total. The Morgan fingerprint density at radius 1 is 1.61 bits per heavy atom. The molecule has 1 aliphatic rings. The van der Waals surface area contributed by atoms with Crippen LogP contribution in [-0.2, 0) is 11.2 Å². The summed E-state index contributed by atoms with van der Waals surface area (Å²) >= 11 is 0. The smallest absolute Gasteiger partial charge is 0.222 e. The number of hydrogen-bond donors (Lipinski definition) is 1. The summed E-state index contributed by atoms with van der Waals surface area (Å²) in [6, 6.07) is 4.41. The van der Waals surface area contributed by atoms with Crippen LogP contribution in [0.15, 0.2) is 24.5 Å². The first kappa shape index (κ1) is 13.0. The van der Waals surface area contributed by atoms with Crippen molar-refractivity contribution < 1.29 is 4.79 Å². The molecular weight excluding hydrogens is 226 g/mol. The molecule has 4 nitrogen and oxygen atoms in total. The van der Waals surface area contributed by atoms with Crippen molar-refractivity contribution in [2.75, 3.05) is 20.1 Å². The molecule has 2 rings (SSSR count). The Bertz CT molecular complexity index is 374. The molecule has 2 heterocycles. The molecule has 1 atom stereocenters. The lowest BCUT2D eigenvalue weighted by molar-refractivity contribution is -0.130. The molecule has 0 saturated carbocycles. The van der Waals surface area contributed by atoms with Gasteiger partial charge in [0.25, 0.3) is 0 Å². The van der Waals surface area contributed by atoms with E-state index in [1.54, 1.807) is 6.20 Å². The van der Waals surface area contributed by atoms with Crippen LogP contribution in [0.1, 0.15) is 24.8 Å². The highest BCUT2D eigenvalue weighted by Gasteiger charge is 2.18. The van der Waals surface area contributed by atoms with Gasteiger partial charge in [0.1, 0.15) is 0 Å². The minimum Gasteiger partial charge on any atom is -0.344 e. The van der Waals surface area contributed by atoms with Crippen molar-refractivity contribution in [1.29, 1.82) is 0 Å². The van der Waals surface area contributed by atoms with Crippen molar-refractivity contribution in [3.63, 3.8) is 0 Å². The summed E-state index contributed by atoms with van der Waals surface area (Å²) in [5, 5.41) is 3.41. The molecule has 0 aliphatic carbocycles. The number of pyridine rings is 1. The summed E-state index contributed by atoms with van der Waals surface area (Å²) in [5.41, 5.74) is 1.12. The van der Waals surface area contributed by atoms with Crippen LogP contribution in [-0.4, -0.2) is 42.0 Å². The molecule has 1 unspecified atom stereocenters. The summed E-state index contributed by atoms with van der Waals surface area (Å²) in [4.78, 5) is 17.9. The Kier molecular flexibility index (Phi) is 4.70. The van der Waals surface area contributed by atoms with Crippen molar-refractivity contribution >= 4 is 5.91 Å². The van der Waals surface area contributed by atoms with E-state index in [1.165, 1.54) is 12.8 Å². The molecule has 98 valence electrons. The summed E-state index contributed by atoms with van der Waals surface area (Å²) < 4.78 is 0. The number of rotatable bonds is 5. The lowest BCUT2D eigenvalue weighted by Crippen LogP contribution is -2.38. The van der Waals surface area contributed by atoms with Crippen LogP contribution in [0.3, 0.4) is 0 Å². The topological polar surface area (TPSA) is 45.2 Å². The van der Waals surface area contributed by atoms with Crippen molar-refractivity contribution in [3.05, 3.63) is 30.1 Å². The molecule has 1 aromatic heterocycles. The lowest BCUT2D eigenvalue weighted by Gasteiger charge is -2.21. The van der Waals surface area contributed by atoms with Gasteiger partial charge in [-0.15, -0.1) is 0 Å². The third-order valence-electron chi connectivity index (χ3n) is 3.43. The zero-order chi connectivity index (χ0) is 12.8. The van der Waals surface area contributed by atoms with Crippen LogP contribution in [0, 0.1) is 0 Å². The zero-order valence-electron chi connectivity index (χ0n) is 10.9. The Hall–Kier alpha value is -1.42. The number of nitrogens with one attached hydrogen (secondary N) is 1. The molecule has 1 aliphatic heterocycles. The van der Waals surface area contributed by atoms with Crippen molar-refractivity contribution in [2.24, 2.45) is 0 Å². The molecule has 0 radical (unpaired) electrons. The predicted molar refractivity (Wildman–Crippen MR) is 71.2 cm³/mol. The van der Waals surface area contributed by atoms with Gasteiger partial charge in [0.05, 0.1) is 0 Å². The van der Waals surface area contributed by atoms with Gasteiger partial charge in [-0.25, -0.2) is 0 Å². The van der Waals surface area contributed by atoms with Gasteiger partial charge in [-0.3, -0.25) is 9.78 Å². The van der Waals surface area contributed by atoms with Gasteiger partial charge in [-0.2, -0.15) is 0 Å². The predicted octanol–water partition coefficient (Wildman–Crippen LogP) is 1.22. The van der Waals surface area contributed by atoms with Gasteiger partial charge in [0.15, 0.2) is 0 Å². The molecule has 1 saturated heterocycles. The minimum atomic E-state index is 0.215. The van der Waals surface area contributed by atoms with E-state index in [0.717, 1.165) is 25.1 Å². The highest BCUT2D eigenvalue weighted by Crippen LogP contribution is 2.08. The number of likely N-dealkylation sites (N-methyl/N-ethyl adjacent to an activating group) is 1. The lowest BCUT2D eigenvalue weighted by atomic mass is 10.1. The molecule has 0 bridgehead atoms. The summed E-state index contributed by atoms with van der Waals surface area (Å²) in [6.07, 6.45) is 7.32. The Morgan fingerprint density at radius 2 is 2.50 bits per heavy atom. The molecule has 1 fully saturated rings. The van der Waals surface area contributed by atoms with Gasteiger partial charge in [0.2, 0.25) is 5.91 Å². The average Bonchev–Trinajstić information content (AvgIpc) is 2.90. The van der Waals surface area contributed by atoms with Gasteiger partial charge in [-0.05, 0) is 37.4 Å². The van der Waals surface area contributed by atoms with Crippen LogP contribution < -0.4 is 5.32 Å². The monoisotopic (exact) mass is 247 g/mol. The number of aryl methyl sites for hydroxylation is 1. The number of hydrogen-bond acceptors (Lipinski definition) is 3. The van der Waals surface area contributed by atoms with E-state index < -0.39 is 0 Å². The van der Waals surface area contributed by atoms with Gasteiger partial charge in [-0.1, -0.05) is 6.07 Å². The van der Waals surface area contributed by atoms with Crippen molar-refractivity contribution in [2.45, 2.75) is 31.7 Å². The normalized spacial score (nSPS) is 18.8. The second-order valence-corrected chi connectivity index (χ2v) is 4.93. The molecule has 0 aromatic carbocycles.